The summed E-state index contributed by atoms with van der Waals surface area (Å²) in [4.78, 5) is 38.0. The largest absolute Gasteiger partial charge is 1.00 e. The first-order valence-corrected chi connectivity index (χ1v) is 9.19. The summed E-state index contributed by atoms with van der Waals surface area (Å²) in [6.07, 6.45) is 0. The first kappa shape index (κ1) is 20.2. The van der Waals surface area contributed by atoms with Gasteiger partial charge in [0.1, 0.15) is 11.4 Å². The van der Waals surface area contributed by atoms with Crippen molar-refractivity contribution in [2.45, 2.75) is 36.1 Å². The van der Waals surface area contributed by atoms with E-state index in [-0.39, 0.29) is 46.7 Å². The number of amides is 2. The first-order chi connectivity index (χ1) is 12.3. The Hall–Kier alpha value is -1.54. The van der Waals surface area contributed by atoms with E-state index in [9.17, 15) is 19.5 Å². The van der Waals surface area contributed by atoms with Crippen LogP contribution < -0.4 is 40.0 Å². The molecule has 6 nitrogen and oxygen atoms in total. The second-order valence-electron chi connectivity index (χ2n) is 7.06. The van der Waals surface area contributed by atoms with Crippen molar-refractivity contribution in [2.24, 2.45) is 0 Å². The molecule has 3 atom stereocenters. The van der Waals surface area contributed by atoms with Crippen LogP contribution in [0.1, 0.15) is 24.2 Å². The van der Waals surface area contributed by atoms with E-state index in [1.54, 1.807) is 26.0 Å². The number of hydrogen-bond donors (Lipinski definition) is 1. The molecule has 2 amide bonds. The molecule has 4 rings (SSSR count). The minimum absolute atomic E-state index is 0. The van der Waals surface area contributed by atoms with E-state index in [4.69, 9.17) is 0 Å². The maximum Gasteiger partial charge on any atom is 1.00 e. The fraction of sp³-hybridized carbons (Fsp3) is 0.316. The fourth-order valence-corrected chi connectivity index (χ4v) is 5.39. The molecule has 2 unspecified atom stereocenters. The zero-order valence-corrected chi connectivity index (χ0v) is 18.1. The molecule has 2 aromatic carbocycles. The van der Waals surface area contributed by atoms with Crippen molar-refractivity contribution in [3.63, 3.8) is 0 Å². The average molecular weight is 392 g/mol. The molecule has 2 aliphatic rings. The fourth-order valence-electron chi connectivity index (χ4n) is 3.77. The predicted octanol–water partition coefficient (Wildman–Crippen LogP) is -2.25. The SMILES string of the molecule is CC1(C)SC2[C@H](NC(=O)c3cccc4ccccc34)C(=O)N2C1C(=O)[O-].[Na+]. The number of benzene rings is 2. The smallest absolute Gasteiger partial charge is 0.548 e. The van der Waals surface area contributed by atoms with Crippen LogP contribution >= 0.6 is 11.8 Å². The van der Waals surface area contributed by atoms with Crippen LogP contribution in [0.2, 0.25) is 0 Å². The van der Waals surface area contributed by atoms with E-state index in [0.29, 0.717) is 5.56 Å². The normalized spacial score (nSPS) is 25.3. The van der Waals surface area contributed by atoms with Crippen molar-refractivity contribution in [3.05, 3.63) is 48.0 Å². The number of carboxylic acid groups (broad SMARTS) is 1. The van der Waals surface area contributed by atoms with Crippen LogP contribution in [0.5, 0.6) is 0 Å². The van der Waals surface area contributed by atoms with Crippen LogP contribution in [-0.2, 0) is 9.59 Å². The Morgan fingerprint density at radius 2 is 1.81 bits per heavy atom. The zero-order valence-electron chi connectivity index (χ0n) is 15.3. The molecule has 0 bridgehead atoms. The number of carboxylic acids is 1. The van der Waals surface area contributed by atoms with E-state index in [2.05, 4.69) is 5.32 Å². The van der Waals surface area contributed by atoms with Crippen LogP contribution in [0.3, 0.4) is 0 Å². The van der Waals surface area contributed by atoms with Crippen molar-refractivity contribution in [1.29, 1.82) is 0 Å². The summed E-state index contributed by atoms with van der Waals surface area (Å²) >= 11 is 1.38. The number of carbonyl (C=O) groups is 3. The van der Waals surface area contributed by atoms with Gasteiger partial charge in [0.25, 0.3) is 5.91 Å². The maximum atomic E-state index is 12.8. The molecular formula is C19H17N2NaO4S. The predicted molar refractivity (Wildman–Crippen MR) is 96.3 cm³/mol. The minimum atomic E-state index is -1.27. The second-order valence-corrected chi connectivity index (χ2v) is 8.83. The van der Waals surface area contributed by atoms with Gasteiger partial charge in [-0.05, 0) is 30.7 Å². The zero-order chi connectivity index (χ0) is 18.6. The van der Waals surface area contributed by atoms with Crippen LogP contribution in [-0.4, -0.2) is 44.9 Å². The molecule has 27 heavy (non-hydrogen) atoms. The quantitative estimate of drug-likeness (QED) is 0.471. The molecule has 2 saturated heterocycles. The molecule has 0 radical (unpaired) electrons. The molecular weight excluding hydrogens is 375 g/mol. The van der Waals surface area contributed by atoms with E-state index in [0.717, 1.165) is 10.8 Å². The van der Waals surface area contributed by atoms with Crippen molar-refractivity contribution >= 4 is 40.3 Å². The van der Waals surface area contributed by atoms with Gasteiger partial charge in [-0.3, -0.25) is 9.59 Å². The van der Waals surface area contributed by atoms with E-state index in [1.807, 2.05) is 30.3 Å². The number of fused-ring (bicyclic) bond motifs is 2. The molecule has 8 heteroatoms. The third kappa shape index (κ3) is 3.16. The standard InChI is InChI=1S/C19H18N2O4S.Na/c1-19(2)14(18(24)25)21-16(23)13(17(21)26-19)20-15(22)12-9-5-7-10-6-3-4-8-11(10)12;/h3-9,13-14,17H,1-2H3,(H,20,22)(H,24,25);/q;+1/p-1/t13-,14?,17?;/m1./s1. The number of nitrogens with one attached hydrogen (secondary N) is 1. The Morgan fingerprint density at radius 3 is 2.52 bits per heavy atom. The van der Waals surface area contributed by atoms with E-state index >= 15 is 0 Å². The third-order valence-corrected chi connectivity index (χ3v) is 6.56. The molecule has 2 aliphatic heterocycles. The number of carbonyl (C=O) groups excluding carboxylic acids is 3. The molecule has 2 aromatic rings. The Bertz CT molecular complexity index is 943. The van der Waals surface area contributed by atoms with Crippen molar-refractivity contribution in [3.8, 4) is 0 Å². The summed E-state index contributed by atoms with van der Waals surface area (Å²) < 4.78 is -0.669. The molecule has 2 heterocycles. The van der Waals surface area contributed by atoms with Gasteiger partial charge < -0.3 is 20.1 Å². The van der Waals surface area contributed by atoms with Crippen LogP contribution in [0.25, 0.3) is 10.8 Å². The summed E-state index contributed by atoms with van der Waals surface area (Å²) in [5.74, 6) is -1.98. The Labute approximate surface area is 183 Å². The summed E-state index contributed by atoms with van der Waals surface area (Å²) in [5.41, 5.74) is 0.494. The van der Waals surface area contributed by atoms with Crippen LogP contribution in [0.15, 0.2) is 42.5 Å². The van der Waals surface area contributed by atoms with Gasteiger partial charge in [-0.2, -0.15) is 0 Å². The molecule has 0 aliphatic carbocycles. The summed E-state index contributed by atoms with van der Waals surface area (Å²) in [5, 5.41) is 15.6. The number of rotatable bonds is 3. The number of hydrogen-bond acceptors (Lipinski definition) is 5. The summed E-state index contributed by atoms with van der Waals surface area (Å²) in [7, 11) is 0. The van der Waals surface area contributed by atoms with Crippen LogP contribution in [0, 0.1) is 0 Å². The van der Waals surface area contributed by atoms with Gasteiger partial charge in [-0.15, -0.1) is 11.8 Å². The van der Waals surface area contributed by atoms with Gasteiger partial charge in [-0.1, -0.05) is 36.4 Å². The number of nitrogens with zero attached hydrogens (tertiary/aromatic N) is 1. The number of β-lactam (4-membered cyclic amide) rings is 1. The topological polar surface area (TPSA) is 89.5 Å². The van der Waals surface area contributed by atoms with E-state index in [1.165, 1.54) is 16.7 Å². The molecule has 0 aromatic heterocycles. The summed E-state index contributed by atoms with van der Waals surface area (Å²) in [6, 6.07) is 11.2. The average Bonchev–Trinajstić information content (AvgIpc) is 2.87. The van der Waals surface area contributed by atoms with Crippen LogP contribution in [0.4, 0.5) is 0 Å². The van der Waals surface area contributed by atoms with Crippen molar-refractivity contribution in [2.75, 3.05) is 0 Å². The van der Waals surface area contributed by atoms with Gasteiger partial charge in [0.2, 0.25) is 5.91 Å². The molecule has 134 valence electrons. The van der Waals surface area contributed by atoms with Crippen molar-refractivity contribution in [1.82, 2.24) is 10.2 Å². The Morgan fingerprint density at radius 1 is 1.15 bits per heavy atom. The molecule has 0 saturated carbocycles. The number of aliphatic carboxylic acids is 1. The number of thioether (sulfide) groups is 1. The van der Waals surface area contributed by atoms with Gasteiger partial charge in [0.15, 0.2) is 0 Å². The van der Waals surface area contributed by atoms with E-state index < -0.39 is 22.8 Å². The Balaban J connectivity index is 0.00000210. The van der Waals surface area contributed by atoms with Gasteiger partial charge >= 0.3 is 29.6 Å². The minimum Gasteiger partial charge on any atom is -0.548 e. The van der Waals surface area contributed by atoms with Gasteiger partial charge in [-0.25, -0.2) is 0 Å². The Kier molecular flexibility index (Phi) is 5.33. The van der Waals surface area contributed by atoms with Gasteiger partial charge in [0.05, 0.1) is 12.0 Å². The third-order valence-electron chi connectivity index (χ3n) is 4.99. The second kappa shape index (κ2) is 7.13. The van der Waals surface area contributed by atoms with Gasteiger partial charge in [0, 0.05) is 10.3 Å². The maximum absolute atomic E-state index is 12.8. The van der Waals surface area contributed by atoms with Crippen molar-refractivity contribution < 1.29 is 49.0 Å². The summed E-state index contributed by atoms with van der Waals surface area (Å²) in [6.45, 7) is 3.54. The monoisotopic (exact) mass is 392 g/mol. The molecule has 2 fully saturated rings. The molecule has 0 spiro atoms. The first-order valence-electron chi connectivity index (χ1n) is 8.31. The molecule has 1 N–H and O–H groups in total.